The Kier molecular flexibility index (Phi) is 46.0. The van der Waals surface area contributed by atoms with Crippen molar-refractivity contribution in [1.29, 1.82) is 0 Å². The second-order valence-electron chi connectivity index (χ2n) is 8.47. The van der Waals surface area contributed by atoms with Gasteiger partial charge in [-0.15, -0.1) is 0 Å². The van der Waals surface area contributed by atoms with Crippen LogP contribution < -0.4 is 0 Å². The lowest BCUT2D eigenvalue weighted by Gasteiger charge is -2.23. The molecule has 0 amide bonds. The van der Waals surface area contributed by atoms with Gasteiger partial charge in [-0.25, -0.2) is 0 Å². The molecule has 0 bridgehead atoms. The summed E-state index contributed by atoms with van der Waals surface area (Å²) in [6.07, 6.45) is 0.568. The second kappa shape index (κ2) is 36.1. The maximum atomic E-state index is 9.76. The van der Waals surface area contributed by atoms with Gasteiger partial charge in [0.05, 0.1) is 63.3 Å². The number of aliphatic hydroxyl groups excluding tert-OH is 4. The lowest BCUT2D eigenvalue weighted by atomic mass is 9.93. The average Bonchev–Trinajstić information content (AvgIpc) is 2.79. The molecule has 4 atom stereocenters. The molecule has 9 N–H and O–H groups in total. The predicted octanol–water partition coefficient (Wildman–Crippen LogP) is 1.06. The van der Waals surface area contributed by atoms with E-state index in [0.29, 0.717) is 0 Å². The summed E-state index contributed by atoms with van der Waals surface area (Å²) >= 11 is 18.8. The molecule has 0 aliphatic heterocycles. The molecular formula is C23H48O14S5. The van der Waals surface area contributed by atoms with E-state index in [0.717, 1.165) is 0 Å². The fourth-order valence-corrected chi connectivity index (χ4v) is 1.94. The van der Waals surface area contributed by atoms with Gasteiger partial charge < -0.3 is 46.0 Å². The Labute approximate surface area is 274 Å². The predicted molar refractivity (Wildman–Crippen MR) is 175 cm³/mol. The molecule has 0 aliphatic rings. The summed E-state index contributed by atoms with van der Waals surface area (Å²) in [6.45, 7) is 5.36. The van der Waals surface area contributed by atoms with Crippen molar-refractivity contribution in [3.63, 3.8) is 0 Å². The Morgan fingerprint density at radius 3 is 0.619 bits per heavy atom. The highest BCUT2D eigenvalue weighted by Gasteiger charge is 2.26. The van der Waals surface area contributed by atoms with Crippen molar-refractivity contribution in [2.24, 2.45) is 5.41 Å². The number of carbonyl (C=O) groups is 5. The van der Waals surface area contributed by atoms with Crippen molar-refractivity contribution in [2.45, 2.75) is 74.4 Å². The first-order chi connectivity index (χ1) is 19.0. The summed E-state index contributed by atoms with van der Waals surface area (Å²) in [5, 5.41) is 73.7. The van der Waals surface area contributed by atoms with Crippen molar-refractivity contribution in [1.82, 2.24) is 0 Å². The van der Waals surface area contributed by atoms with Gasteiger partial charge in [-0.1, -0.05) is 27.7 Å². The smallest absolute Gasteiger partial charge is 0.313 e. The van der Waals surface area contributed by atoms with E-state index in [4.69, 9.17) is 46.0 Å². The Morgan fingerprint density at radius 2 is 0.619 bits per heavy atom. The number of aliphatic hydroxyl groups is 4. The highest BCUT2D eigenvalue weighted by atomic mass is 32.1. The molecule has 42 heavy (non-hydrogen) atoms. The van der Waals surface area contributed by atoms with Crippen molar-refractivity contribution >= 4 is 93.0 Å². The summed E-state index contributed by atoms with van der Waals surface area (Å²) in [6, 6.07) is 0. The van der Waals surface area contributed by atoms with Crippen LogP contribution in [0.5, 0.6) is 0 Å². The molecule has 0 rings (SSSR count). The Bertz CT molecular complexity index is 591. The molecule has 0 radical (unpaired) electrons. The van der Waals surface area contributed by atoms with Gasteiger partial charge in [0.15, 0.2) is 0 Å². The average molecular weight is 709 g/mol. The van der Waals surface area contributed by atoms with Crippen molar-refractivity contribution < 1.29 is 69.9 Å². The number of thiol groups is 5. The number of hydrogen-bond acceptors (Lipinski definition) is 14. The van der Waals surface area contributed by atoms with Crippen LogP contribution in [0.2, 0.25) is 0 Å². The molecule has 0 saturated heterocycles. The number of rotatable bonds is 13. The maximum Gasteiger partial charge on any atom is 0.313 e. The summed E-state index contributed by atoms with van der Waals surface area (Å²) in [5.41, 5.74) is -1.11. The van der Waals surface area contributed by atoms with E-state index in [1.807, 2.05) is 0 Å². The quantitative estimate of drug-likeness (QED) is 0.119. The topological polar surface area (TPSA) is 267 Å². The SMILES string of the molecule is CC(S)CC(=O)O.CC(S)CC(=O)O.CC(S)CC(=O)O.CC(S)CC(=O)O.O=C(O)CS.OCC(CO)(CO)CO. The minimum absolute atomic E-state index is 0.0301. The Balaban J connectivity index is -0.0000000933. The van der Waals surface area contributed by atoms with Gasteiger partial charge in [0.1, 0.15) is 0 Å². The first kappa shape index (κ1) is 53.5. The standard InChI is InChI=1S/C5H12O4.4C4H8O2S.C2H4O2S/c6-1-5(2-7,3-8)4-9;4*1-3(7)2-4(5)6;3-2(4)1-5/h6-9H,1-4H2;4*3,7H,2H2,1H3,(H,5,6);5H,1H2,(H,3,4). The summed E-state index contributed by atoms with van der Waals surface area (Å²) < 4.78 is 0. The lowest BCUT2D eigenvalue weighted by molar-refractivity contribution is -0.137. The first-order valence-corrected chi connectivity index (χ1v) is 14.6. The van der Waals surface area contributed by atoms with Gasteiger partial charge in [0, 0.05) is 21.0 Å². The molecule has 4 unspecified atom stereocenters. The fraction of sp³-hybridized carbons (Fsp3) is 0.783. The van der Waals surface area contributed by atoms with E-state index in [2.05, 4.69) is 63.1 Å². The molecule has 0 aromatic rings. The lowest BCUT2D eigenvalue weighted by Crippen LogP contribution is -2.37. The molecule has 0 fully saturated rings. The zero-order valence-electron chi connectivity index (χ0n) is 24.0. The summed E-state index contributed by atoms with van der Waals surface area (Å²) in [4.78, 5) is 48.3. The molecule has 14 nitrogen and oxygen atoms in total. The molecule has 0 aliphatic carbocycles. The Morgan fingerprint density at radius 1 is 0.476 bits per heavy atom. The highest BCUT2D eigenvalue weighted by molar-refractivity contribution is 7.81. The van der Waals surface area contributed by atoms with Crippen LogP contribution in [0.3, 0.4) is 0 Å². The molecule has 0 aromatic heterocycles. The maximum absolute atomic E-state index is 9.76. The molecule has 0 aromatic carbocycles. The van der Waals surface area contributed by atoms with E-state index < -0.39 is 61.7 Å². The second-order valence-corrected chi connectivity index (χ2v) is 12.3. The van der Waals surface area contributed by atoms with E-state index >= 15 is 0 Å². The molecule has 19 heteroatoms. The Hall–Kier alpha value is -1.06. The number of hydrogen-bond donors (Lipinski definition) is 14. The summed E-state index contributed by atoms with van der Waals surface area (Å²) in [7, 11) is 0. The van der Waals surface area contributed by atoms with Crippen LogP contribution in [0.1, 0.15) is 53.4 Å². The fourth-order valence-electron chi connectivity index (χ4n) is 1.31. The molecule has 254 valence electrons. The molecule has 0 heterocycles. The minimum Gasteiger partial charge on any atom is -0.481 e. The van der Waals surface area contributed by atoms with Crippen molar-refractivity contribution in [3.05, 3.63) is 0 Å². The van der Waals surface area contributed by atoms with Crippen LogP contribution in [0.25, 0.3) is 0 Å². The van der Waals surface area contributed by atoms with Crippen molar-refractivity contribution in [3.8, 4) is 0 Å². The number of aliphatic carboxylic acids is 5. The van der Waals surface area contributed by atoms with Crippen LogP contribution >= 0.6 is 63.1 Å². The molecular weight excluding hydrogens is 661 g/mol. The van der Waals surface area contributed by atoms with Crippen LogP contribution in [-0.2, 0) is 24.0 Å². The third kappa shape index (κ3) is 66.9. The van der Waals surface area contributed by atoms with E-state index in [1.165, 1.54) is 0 Å². The monoisotopic (exact) mass is 708 g/mol. The van der Waals surface area contributed by atoms with Gasteiger partial charge >= 0.3 is 29.8 Å². The molecule has 0 saturated carbocycles. The zero-order valence-corrected chi connectivity index (χ0v) is 28.4. The number of carboxylic acids is 5. The van der Waals surface area contributed by atoms with Gasteiger partial charge in [0.25, 0.3) is 0 Å². The normalized spacial score (nSPS) is 12.4. The zero-order chi connectivity index (χ0) is 35.1. The van der Waals surface area contributed by atoms with Gasteiger partial charge in [-0.3, -0.25) is 24.0 Å². The third-order valence-corrected chi connectivity index (χ3v) is 4.36. The van der Waals surface area contributed by atoms with Gasteiger partial charge in [0.2, 0.25) is 0 Å². The largest absolute Gasteiger partial charge is 0.481 e. The van der Waals surface area contributed by atoms with Crippen molar-refractivity contribution in [2.75, 3.05) is 32.2 Å². The van der Waals surface area contributed by atoms with Gasteiger partial charge in [-0.05, 0) is 0 Å². The molecule has 0 spiro atoms. The number of carboxylic acid groups (broad SMARTS) is 5. The highest BCUT2D eigenvalue weighted by Crippen LogP contribution is 2.11. The van der Waals surface area contributed by atoms with E-state index in [1.54, 1.807) is 27.7 Å². The first-order valence-electron chi connectivity index (χ1n) is 11.9. The van der Waals surface area contributed by atoms with Crippen LogP contribution in [0, 0.1) is 5.41 Å². The van der Waals surface area contributed by atoms with Gasteiger partial charge in [-0.2, -0.15) is 63.1 Å². The third-order valence-electron chi connectivity index (χ3n) is 3.36. The van der Waals surface area contributed by atoms with Crippen LogP contribution in [0.15, 0.2) is 0 Å². The van der Waals surface area contributed by atoms with Crippen LogP contribution in [0.4, 0.5) is 0 Å². The van der Waals surface area contributed by atoms with E-state index in [9.17, 15) is 24.0 Å². The minimum atomic E-state index is -1.11. The van der Waals surface area contributed by atoms with Crippen LogP contribution in [-0.4, -0.2) is 129 Å². The summed E-state index contributed by atoms with van der Waals surface area (Å²) in [5.74, 6) is -4.12. The van der Waals surface area contributed by atoms with E-state index in [-0.39, 0.29) is 52.4 Å².